The summed E-state index contributed by atoms with van der Waals surface area (Å²) in [6.07, 6.45) is 0. The summed E-state index contributed by atoms with van der Waals surface area (Å²) in [7, 11) is 1.72. The topological polar surface area (TPSA) is 12.5 Å². The Labute approximate surface area is 315 Å². The first-order chi connectivity index (χ1) is 26.7. The van der Waals surface area contributed by atoms with Gasteiger partial charge in [0.1, 0.15) is 5.75 Å². The number of benzene rings is 9. The number of hydrogen-bond acceptors (Lipinski definition) is 2. The van der Waals surface area contributed by atoms with Gasteiger partial charge in [-0.05, 0) is 120 Å². The third-order valence-electron chi connectivity index (χ3n) is 11.8. The quantitative estimate of drug-likeness (QED) is 0.178. The average molecular weight is 690 g/mol. The van der Waals surface area contributed by atoms with Crippen LogP contribution in [0.4, 0.5) is 17.1 Å². The molecule has 0 saturated heterocycles. The first kappa shape index (κ1) is 30.7. The molecular weight excluding hydrogens is 655 g/mol. The van der Waals surface area contributed by atoms with Gasteiger partial charge in [0, 0.05) is 16.9 Å². The second kappa shape index (κ2) is 11.8. The van der Waals surface area contributed by atoms with Crippen molar-refractivity contribution in [3.8, 4) is 39.1 Å². The van der Waals surface area contributed by atoms with Gasteiger partial charge in [0.2, 0.25) is 0 Å². The number of ether oxygens (including phenoxy) is 1. The number of hydrogen-bond donors (Lipinski definition) is 0. The Balaban J connectivity index is 1.19. The maximum absolute atomic E-state index is 5.64. The van der Waals surface area contributed by atoms with Crippen LogP contribution in [0.3, 0.4) is 0 Å². The van der Waals surface area contributed by atoms with E-state index in [4.69, 9.17) is 4.74 Å². The van der Waals surface area contributed by atoms with Crippen LogP contribution >= 0.6 is 0 Å². The van der Waals surface area contributed by atoms with Crippen molar-refractivity contribution in [1.29, 1.82) is 0 Å². The third kappa shape index (κ3) is 4.28. The van der Waals surface area contributed by atoms with Crippen LogP contribution in [0.15, 0.2) is 194 Å². The Morgan fingerprint density at radius 1 is 0.407 bits per heavy atom. The highest BCUT2D eigenvalue weighted by Gasteiger charge is 2.51. The number of nitrogens with zero attached hydrogens (tertiary/aromatic N) is 1. The number of rotatable bonds is 5. The van der Waals surface area contributed by atoms with Crippen molar-refractivity contribution in [3.63, 3.8) is 0 Å². The van der Waals surface area contributed by atoms with E-state index in [1.54, 1.807) is 7.11 Å². The van der Waals surface area contributed by atoms with Crippen molar-refractivity contribution in [2.45, 2.75) is 5.41 Å². The molecule has 0 aromatic heterocycles. The van der Waals surface area contributed by atoms with Crippen molar-refractivity contribution in [1.82, 2.24) is 0 Å². The number of fused-ring (bicyclic) bond motifs is 12. The SMILES string of the molecule is COc1ccc(N(c2ccc3c(c2)-c2ccccc2C32c3ccccc3-c3ccccc32)c2ccc3ccccc3c2-c2ccc3ccccc3c2)cc1. The van der Waals surface area contributed by atoms with E-state index in [0.29, 0.717) is 0 Å². The Morgan fingerprint density at radius 3 is 1.63 bits per heavy atom. The summed E-state index contributed by atoms with van der Waals surface area (Å²) in [5.41, 5.74) is 15.8. The Kier molecular flexibility index (Phi) is 6.72. The molecule has 2 heteroatoms. The standard InChI is InChI=1S/C52H35NO/c1-54-40-28-25-38(26-29-40)53(50-31-24-35-13-4-5-15-41(35)51(50)37-23-22-34-12-2-3-14-36(34)32-37)39-27-30-49-45(33-39)44-18-8-11-21-48(44)52(49)46-19-9-6-16-42(46)43-17-7-10-20-47(43)52/h2-33H,1H3. The first-order valence-electron chi connectivity index (χ1n) is 18.6. The fourth-order valence-electron chi connectivity index (χ4n) is 9.48. The van der Waals surface area contributed by atoms with Gasteiger partial charge in [-0.25, -0.2) is 0 Å². The molecule has 9 aromatic rings. The Hall–Kier alpha value is -6.90. The highest BCUT2D eigenvalue weighted by atomic mass is 16.5. The lowest BCUT2D eigenvalue weighted by Gasteiger charge is -2.32. The summed E-state index contributed by atoms with van der Waals surface area (Å²) in [5.74, 6) is 0.829. The molecule has 0 heterocycles. The molecule has 0 aliphatic heterocycles. The van der Waals surface area contributed by atoms with E-state index in [9.17, 15) is 0 Å². The zero-order valence-electron chi connectivity index (χ0n) is 29.8. The molecule has 1 spiro atoms. The van der Waals surface area contributed by atoms with Crippen LogP contribution in [0.25, 0.3) is 54.9 Å². The summed E-state index contributed by atoms with van der Waals surface area (Å²) >= 11 is 0. The summed E-state index contributed by atoms with van der Waals surface area (Å²) in [6, 6.07) is 71.4. The second-order valence-electron chi connectivity index (χ2n) is 14.4. The van der Waals surface area contributed by atoms with Gasteiger partial charge in [0.15, 0.2) is 0 Å². The fraction of sp³-hybridized carbons (Fsp3) is 0.0385. The molecule has 254 valence electrons. The number of anilines is 3. The van der Waals surface area contributed by atoms with Crippen LogP contribution in [0.2, 0.25) is 0 Å². The van der Waals surface area contributed by atoms with Crippen molar-refractivity contribution in [2.75, 3.05) is 12.0 Å². The normalized spacial score (nSPS) is 13.1. The summed E-state index contributed by atoms with van der Waals surface area (Å²) in [5, 5.41) is 4.88. The molecule has 0 unspecified atom stereocenters. The minimum atomic E-state index is -0.387. The van der Waals surface area contributed by atoms with E-state index < -0.39 is 0 Å². The Bertz CT molecular complexity index is 2890. The zero-order chi connectivity index (χ0) is 35.8. The van der Waals surface area contributed by atoms with Gasteiger partial charge in [-0.1, -0.05) is 146 Å². The van der Waals surface area contributed by atoms with Crippen LogP contribution in [0.5, 0.6) is 5.75 Å². The molecule has 0 N–H and O–H groups in total. The molecule has 0 bridgehead atoms. The molecular formula is C52H35NO. The molecule has 9 aromatic carbocycles. The first-order valence-corrected chi connectivity index (χ1v) is 18.6. The maximum Gasteiger partial charge on any atom is 0.119 e. The van der Waals surface area contributed by atoms with Gasteiger partial charge in [-0.2, -0.15) is 0 Å². The van der Waals surface area contributed by atoms with Crippen molar-refractivity contribution in [2.24, 2.45) is 0 Å². The molecule has 0 fully saturated rings. The maximum atomic E-state index is 5.64. The summed E-state index contributed by atoms with van der Waals surface area (Å²) in [6.45, 7) is 0. The van der Waals surface area contributed by atoms with Crippen molar-refractivity contribution in [3.05, 3.63) is 216 Å². The van der Waals surface area contributed by atoms with Crippen LogP contribution in [0.1, 0.15) is 22.3 Å². The zero-order valence-corrected chi connectivity index (χ0v) is 29.8. The third-order valence-corrected chi connectivity index (χ3v) is 11.8. The van der Waals surface area contributed by atoms with Gasteiger partial charge in [-0.15, -0.1) is 0 Å². The van der Waals surface area contributed by atoms with Gasteiger partial charge >= 0.3 is 0 Å². The fourth-order valence-corrected chi connectivity index (χ4v) is 9.48. The molecule has 0 radical (unpaired) electrons. The minimum absolute atomic E-state index is 0.387. The van der Waals surface area contributed by atoms with E-state index in [0.717, 1.165) is 22.8 Å². The van der Waals surface area contributed by atoms with E-state index in [1.807, 2.05) is 0 Å². The smallest absolute Gasteiger partial charge is 0.119 e. The molecule has 0 amide bonds. The second-order valence-corrected chi connectivity index (χ2v) is 14.4. The van der Waals surface area contributed by atoms with E-state index >= 15 is 0 Å². The highest BCUT2D eigenvalue weighted by molar-refractivity contribution is 6.07. The highest BCUT2D eigenvalue weighted by Crippen LogP contribution is 2.63. The van der Waals surface area contributed by atoms with Gasteiger partial charge in [0.05, 0.1) is 18.2 Å². The average Bonchev–Trinajstić information content (AvgIpc) is 3.71. The van der Waals surface area contributed by atoms with Crippen molar-refractivity contribution >= 4 is 38.6 Å². The molecule has 2 aliphatic rings. The predicted octanol–water partition coefficient (Wildman–Crippen LogP) is 13.5. The molecule has 11 rings (SSSR count). The number of methoxy groups -OCH3 is 1. The predicted molar refractivity (Wildman–Crippen MR) is 224 cm³/mol. The molecule has 0 saturated carbocycles. The van der Waals surface area contributed by atoms with E-state index in [1.165, 1.54) is 77.2 Å². The van der Waals surface area contributed by atoms with Crippen LogP contribution in [0, 0.1) is 0 Å². The molecule has 2 nitrogen and oxygen atoms in total. The lowest BCUT2D eigenvalue weighted by molar-refractivity contribution is 0.415. The lowest BCUT2D eigenvalue weighted by Crippen LogP contribution is -2.25. The van der Waals surface area contributed by atoms with Gasteiger partial charge < -0.3 is 9.64 Å². The van der Waals surface area contributed by atoms with Crippen LogP contribution in [-0.2, 0) is 5.41 Å². The summed E-state index contributed by atoms with van der Waals surface area (Å²) < 4.78 is 5.64. The Morgan fingerprint density at radius 2 is 0.944 bits per heavy atom. The largest absolute Gasteiger partial charge is 0.497 e. The monoisotopic (exact) mass is 689 g/mol. The van der Waals surface area contributed by atoms with Gasteiger partial charge in [-0.3, -0.25) is 0 Å². The minimum Gasteiger partial charge on any atom is -0.497 e. The van der Waals surface area contributed by atoms with Gasteiger partial charge in [0.25, 0.3) is 0 Å². The lowest BCUT2D eigenvalue weighted by atomic mass is 9.70. The molecule has 2 aliphatic carbocycles. The van der Waals surface area contributed by atoms with E-state index in [2.05, 4.69) is 199 Å². The molecule has 54 heavy (non-hydrogen) atoms. The van der Waals surface area contributed by atoms with Crippen LogP contribution < -0.4 is 9.64 Å². The van der Waals surface area contributed by atoms with Crippen molar-refractivity contribution < 1.29 is 4.74 Å². The van der Waals surface area contributed by atoms with E-state index in [-0.39, 0.29) is 5.41 Å². The summed E-state index contributed by atoms with van der Waals surface area (Å²) in [4.78, 5) is 2.43. The van der Waals surface area contributed by atoms with Crippen LogP contribution in [-0.4, -0.2) is 7.11 Å². The molecule has 0 atom stereocenters.